The van der Waals surface area contributed by atoms with Gasteiger partial charge in [0.05, 0.1) is 5.56 Å². The molecule has 0 radical (unpaired) electrons. The van der Waals surface area contributed by atoms with Crippen LogP contribution >= 0.6 is 0 Å². The van der Waals surface area contributed by atoms with Crippen molar-refractivity contribution in [1.29, 1.82) is 0 Å². The van der Waals surface area contributed by atoms with E-state index in [2.05, 4.69) is 10.6 Å². The summed E-state index contributed by atoms with van der Waals surface area (Å²) in [4.78, 5) is 23.4. The van der Waals surface area contributed by atoms with Gasteiger partial charge >= 0.3 is 0 Å². The van der Waals surface area contributed by atoms with Gasteiger partial charge in [-0.1, -0.05) is 12.1 Å². The van der Waals surface area contributed by atoms with Gasteiger partial charge < -0.3 is 16.4 Å². The lowest BCUT2D eigenvalue weighted by atomic mass is 10.1. The highest BCUT2D eigenvalue weighted by Gasteiger charge is 2.14. The molecular weight excluding hydrogens is 242 g/mol. The van der Waals surface area contributed by atoms with Gasteiger partial charge in [-0.15, -0.1) is 0 Å². The van der Waals surface area contributed by atoms with Gasteiger partial charge in [0.2, 0.25) is 5.91 Å². The fraction of sp³-hybridized carbons (Fsp3) is 0.429. The second kappa shape index (κ2) is 6.22. The number of nitrogens with one attached hydrogen (secondary N) is 2. The van der Waals surface area contributed by atoms with Gasteiger partial charge in [-0.3, -0.25) is 9.59 Å². The first-order valence-electron chi connectivity index (χ1n) is 6.23. The predicted octanol–water partition coefficient (Wildman–Crippen LogP) is 1.30. The van der Waals surface area contributed by atoms with E-state index in [9.17, 15) is 9.59 Å². The fourth-order valence-corrected chi connectivity index (χ4v) is 1.57. The van der Waals surface area contributed by atoms with E-state index in [4.69, 9.17) is 5.73 Å². The minimum Gasteiger partial charge on any atom is -0.398 e. The van der Waals surface area contributed by atoms with E-state index >= 15 is 0 Å². The quantitative estimate of drug-likeness (QED) is 0.716. The lowest BCUT2D eigenvalue weighted by Crippen LogP contribution is -2.42. The number of amides is 2. The van der Waals surface area contributed by atoms with E-state index in [0.29, 0.717) is 11.3 Å². The summed E-state index contributed by atoms with van der Waals surface area (Å²) in [6.45, 7) is 6.02. The number of carbonyl (C=O) groups excluding carboxylic acids is 2. The third-order valence-corrected chi connectivity index (χ3v) is 2.36. The monoisotopic (exact) mass is 263 g/mol. The summed E-state index contributed by atoms with van der Waals surface area (Å²) in [6.07, 6.45) is 0.246. The average molecular weight is 263 g/mol. The zero-order chi connectivity index (χ0) is 14.5. The fourth-order valence-electron chi connectivity index (χ4n) is 1.57. The molecule has 1 aromatic carbocycles. The Balaban J connectivity index is 2.40. The first-order chi connectivity index (χ1) is 8.79. The Morgan fingerprint density at radius 1 is 1.21 bits per heavy atom. The van der Waals surface area contributed by atoms with E-state index in [1.807, 2.05) is 20.8 Å². The van der Waals surface area contributed by atoms with Crippen LogP contribution in [-0.2, 0) is 4.79 Å². The number of hydrogen-bond acceptors (Lipinski definition) is 3. The second-order valence-electron chi connectivity index (χ2n) is 5.39. The van der Waals surface area contributed by atoms with Gasteiger partial charge in [0.25, 0.3) is 5.91 Å². The van der Waals surface area contributed by atoms with Gasteiger partial charge in [-0.2, -0.15) is 0 Å². The number of rotatable bonds is 4. The van der Waals surface area contributed by atoms with Gasteiger partial charge in [-0.05, 0) is 32.9 Å². The van der Waals surface area contributed by atoms with Crippen LogP contribution < -0.4 is 16.4 Å². The summed E-state index contributed by atoms with van der Waals surface area (Å²) in [6, 6.07) is 6.83. The molecular formula is C14H21N3O2. The largest absolute Gasteiger partial charge is 0.398 e. The van der Waals surface area contributed by atoms with Crippen molar-refractivity contribution in [2.75, 3.05) is 12.3 Å². The molecule has 1 rings (SSSR count). The number of anilines is 1. The third-order valence-electron chi connectivity index (χ3n) is 2.36. The maximum absolute atomic E-state index is 11.8. The van der Waals surface area contributed by atoms with Gasteiger partial charge in [0, 0.05) is 24.2 Å². The molecule has 0 spiro atoms. The van der Waals surface area contributed by atoms with Crippen molar-refractivity contribution >= 4 is 17.5 Å². The Kier molecular flexibility index (Phi) is 4.92. The molecule has 0 saturated carbocycles. The summed E-state index contributed by atoms with van der Waals surface area (Å²) < 4.78 is 0. The molecule has 0 aliphatic rings. The SMILES string of the molecule is CC(C)(C)NC(=O)CCNC(=O)c1ccccc1N. The van der Waals surface area contributed by atoms with Crippen LogP contribution in [-0.4, -0.2) is 23.9 Å². The van der Waals surface area contributed by atoms with Crippen molar-refractivity contribution in [3.8, 4) is 0 Å². The molecule has 19 heavy (non-hydrogen) atoms. The summed E-state index contributed by atoms with van der Waals surface area (Å²) in [5.41, 5.74) is 6.30. The van der Waals surface area contributed by atoms with Crippen LogP contribution in [0, 0.1) is 0 Å². The maximum atomic E-state index is 11.8. The summed E-state index contributed by atoms with van der Waals surface area (Å²) in [5.74, 6) is -0.351. The van der Waals surface area contributed by atoms with Crippen LogP contribution in [0.1, 0.15) is 37.6 Å². The lowest BCUT2D eigenvalue weighted by Gasteiger charge is -2.20. The number of para-hydroxylation sites is 1. The topological polar surface area (TPSA) is 84.2 Å². The molecule has 4 N–H and O–H groups in total. The zero-order valence-corrected chi connectivity index (χ0v) is 11.6. The molecule has 0 heterocycles. The minimum absolute atomic E-state index is 0.0890. The Morgan fingerprint density at radius 3 is 2.42 bits per heavy atom. The van der Waals surface area contributed by atoms with Gasteiger partial charge in [0.1, 0.15) is 0 Å². The maximum Gasteiger partial charge on any atom is 0.253 e. The van der Waals surface area contributed by atoms with E-state index in [1.54, 1.807) is 24.3 Å². The molecule has 0 saturated heterocycles. The molecule has 5 heteroatoms. The molecule has 0 aromatic heterocycles. The lowest BCUT2D eigenvalue weighted by molar-refractivity contribution is -0.122. The highest BCUT2D eigenvalue weighted by molar-refractivity contribution is 5.99. The molecule has 0 fully saturated rings. The third kappa shape index (κ3) is 5.42. The van der Waals surface area contributed by atoms with E-state index in [-0.39, 0.29) is 30.3 Å². The highest BCUT2D eigenvalue weighted by Crippen LogP contribution is 2.09. The number of hydrogen-bond donors (Lipinski definition) is 3. The van der Waals surface area contributed by atoms with Crippen LogP contribution in [0.15, 0.2) is 24.3 Å². The smallest absolute Gasteiger partial charge is 0.253 e. The average Bonchev–Trinajstić information content (AvgIpc) is 2.26. The standard InChI is InChI=1S/C14H21N3O2/c1-14(2,3)17-12(18)8-9-16-13(19)10-6-4-5-7-11(10)15/h4-7H,8-9,15H2,1-3H3,(H,16,19)(H,17,18). The highest BCUT2D eigenvalue weighted by atomic mass is 16.2. The molecule has 0 atom stereocenters. The Hall–Kier alpha value is -2.04. The van der Waals surface area contributed by atoms with E-state index in [0.717, 1.165) is 0 Å². The van der Waals surface area contributed by atoms with Gasteiger partial charge in [-0.25, -0.2) is 0 Å². The summed E-state index contributed by atoms with van der Waals surface area (Å²) >= 11 is 0. The van der Waals surface area contributed by atoms with Crippen molar-refractivity contribution in [2.45, 2.75) is 32.7 Å². The molecule has 1 aromatic rings. The van der Waals surface area contributed by atoms with Crippen LogP contribution in [0.2, 0.25) is 0 Å². The van der Waals surface area contributed by atoms with Gasteiger partial charge in [0.15, 0.2) is 0 Å². The molecule has 0 bridgehead atoms. The molecule has 0 unspecified atom stereocenters. The summed E-state index contributed by atoms with van der Waals surface area (Å²) in [5, 5.41) is 5.51. The van der Waals surface area contributed by atoms with Crippen molar-refractivity contribution in [3.63, 3.8) is 0 Å². The van der Waals surface area contributed by atoms with Crippen LogP contribution in [0.3, 0.4) is 0 Å². The van der Waals surface area contributed by atoms with Crippen LogP contribution in [0.25, 0.3) is 0 Å². The normalized spacial score (nSPS) is 10.9. The minimum atomic E-state index is -0.262. The number of nitrogens with two attached hydrogens (primary N) is 1. The first kappa shape index (κ1) is 15.0. The Bertz CT molecular complexity index is 464. The predicted molar refractivity (Wildman–Crippen MR) is 75.7 cm³/mol. The molecule has 0 aliphatic carbocycles. The molecule has 0 aliphatic heterocycles. The Labute approximate surface area is 113 Å². The number of benzene rings is 1. The van der Waals surface area contributed by atoms with Crippen molar-refractivity contribution in [1.82, 2.24) is 10.6 Å². The second-order valence-corrected chi connectivity index (χ2v) is 5.39. The summed E-state index contributed by atoms with van der Waals surface area (Å²) in [7, 11) is 0. The zero-order valence-electron chi connectivity index (χ0n) is 11.6. The van der Waals surface area contributed by atoms with Crippen molar-refractivity contribution in [3.05, 3.63) is 29.8 Å². The molecule has 104 valence electrons. The molecule has 2 amide bonds. The number of nitrogen functional groups attached to an aromatic ring is 1. The van der Waals surface area contributed by atoms with Crippen LogP contribution in [0.4, 0.5) is 5.69 Å². The number of carbonyl (C=O) groups is 2. The van der Waals surface area contributed by atoms with Crippen molar-refractivity contribution < 1.29 is 9.59 Å². The van der Waals surface area contributed by atoms with E-state index < -0.39 is 0 Å². The Morgan fingerprint density at radius 2 is 1.84 bits per heavy atom. The van der Waals surface area contributed by atoms with E-state index in [1.165, 1.54) is 0 Å². The first-order valence-corrected chi connectivity index (χ1v) is 6.23. The molecule has 5 nitrogen and oxygen atoms in total. The van der Waals surface area contributed by atoms with Crippen molar-refractivity contribution in [2.24, 2.45) is 0 Å². The van der Waals surface area contributed by atoms with Crippen LogP contribution in [0.5, 0.6) is 0 Å².